The lowest BCUT2D eigenvalue weighted by molar-refractivity contribution is 0.364. The fourth-order valence-electron chi connectivity index (χ4n) is 2.62. The number of nitrogens with two attached hydrogens (primary N) is 1. The van der Waals surface area contributed by atoms with Crippen molar-refractivity contribution in [3.63, 3.8) is 0 Å². The van der Waals surface area contributed by atoms with Crippen LogP contribution in [0.3, 0.4) is 0 Å². The highest BCUT2D eigenvalue weighted by Gasteiger charge is 2.20. The Bertz CT molecular complexity index is 387. The zero-order valence-corrected chi connectivity index (χ0v) is 13.5. The maximum absolute atomic E-state index is 6.39. The van der Waals surface area contributed by atoms with Crippen LogP contribution in [0.5, 0.6) is 0 Å². The number of aromatic nitrogens is 2. The average Bonchev–Trinajstić information content (AvgIpc) is 2.67. The van der Waals surface area contributed by atoms with E-state index in [0.29, 0.717) is 5.92 Å². The third-order valence-corrected chi connectivity index (χ3v) is 4.43. The summed E-state index contributed by atoms with van der Waals surface area (Å²) < 4.78 is 1.90. The molecule has 0 aliphatic heterocycles. The number of hydrogen-bond donors (Lipinski definition) is 1. The molecule has 0 spiro atoms. The van der Waals surface area contributed by atoms with Crippen molar-refractivity contribution < 1.29 is 0 Å². The molecule has 3 nitrogen and oxygen atoms in total. The van der Waals surface area contributed by atoms with Crippen LogP contribution in [0.15, 0.2) is 0 Å². The van der Waals surface area contributed by atoms with E-state index in [9.17, 15) is 0 Å². The van der Waals surface area contributed by atoms with Gasteiger partial charge in [-0.2, -0.15) is 5.10 Å². The van der Waals surface area contributed by atoms with Crippen molar-refractivity contribution in [1.29, 1.82) is 0 Å². The highest BCUT2D eigenvalue weighted by molar-refractivity contribution is 6.31. The van der Waals surface area contributed by atoms with E-state index in [-0.39, 0.29) is 6.04 Å². The van der Waals surface area contributed by atoms with Gasteiger partial charge in [0.1, 0.15) is 0 Å². The van der Waals surface area contributed by atoms with Crippen LogP contribution in [0.2, 0.25) is 5.02 Å². The van der Waals surface area contributed by atoms with Crippen LogP contribution >= 0.6 is 11.6 Å². The Morgan fingerprint density at radius 1 is 1.32 bits per heavy atom. The number of hydrogen-bond acceptors (Lipinski definition) is 2. The minimum Gasteiger partial charge on any atom is -0.327 e. The lowest BCUT2D eigenvalue weighted by Gasteiger charge is -2.22. The maximum atomic E-state index is 6.39. The Balaban J connectivity index is 2.74. The molecule has 0 aliphatic carbocycles. The van der Waals surface area contributed by atoms with E-state index in [2.05, 4.69) is 25.9 Å². The quantitative estimate of drug-likeness (QED) is 0.791. The van der Waals surface area contributed by atoms with Crippen LogP contribution in [-0.4, -0.2) is 15.8 Å². The molecular weight excluding hydrogens is 258 g/mol. The second-order valence-corrected chi connectivity index (χ2v) is 5.74. The van der Waals surface area contributed by atoms with E-state index >= 15 is 0 Å². The molecule has 2 unspecified atom stereocenters. The molecule has 1 heterocycles. The van der Waals surface area contributed by atoms with Crippen LogP contribution in [0.25, 0.3) is 0 Å². The van der Waals surface area contributed by atoms with Gasteiger partial charge in [0.15, 0.2) is 0 Å². The minimum atomic E-state index is 0.175. The SMILES string of the molecule is CCCCC(CC)C(N)Cc1c(Cl)c(CC)nn1C. The molecule has 110 valence electrons. The molecule has 0 radical (unpaired) electrons. The smallest absolute Gasteiger partial charge is 0.0850 e. The zero-order chi connectivity index (χ0) is 14.4. The molecule has 0 amide bonds. The molecule has 0 aliphatic rings. The second kappa shape index (κ2) is 7.91. The summed E-state index contributed by atoms with van der Waals surface area (Å²) in [5.74, 6) is 0.580. The first-order chi connectivity index (χ1) is 9.04. The molecule has 1 rings (SSSR count). The first-order valence-electron chi connectivity index (χ1n) is 7.50. The van der Waals surface area contributed by atoms with Crippen LogP contribution < -0.4 is 5.73 Å². The summed E-state index contributed by atoms with van der Waals surface area (Å²) in [4.78, 5) is 0. The minimum absolute atomic E-state index is 0.175. The molecule has 0 saturated carbocycles. The lowest BCUT2D eigenvalue weighted by atomic mass is 9.89. The second-order valence-electron chi connectivity index (χ2n) is 5.36. The van der Waals surface area contributed by atoms with Crippen LogP contribution in [0.4, 0.5) is 0 Å². The normalized spacial score (nSPS) is 14.6. The van der Waals surface area contributed by atoms with Gasteiger partial charge < -0.3 is 5.73 Å². The van der Waals surface area contributed by atoms with E-state index in [1.54, 1.807) is 0 Å². The summed E-state index contributed by atoms with van der Waals surface area (Å²) in [6, 6.07) is 0.175. The molecule has 0 aromatic carbocycles. The Hall–Kier alpha value is -0.540. The Kier molecular flexibility index (Phi) is 6.87. The molecule has 1 aromatic heterocycles. The van der Waals surface area contributed by atoms with Crippen molar-refractivity contribution in [1.82, 2.24) is 9.78 Å². The van der Waals surface area contributed by atoms with E-state index in [0.717, 1.165) is 35.7 Å². The Morgan fingerprint density at radius 2 is 2.00 bits per heavy atom. The van der Waals surface area contributed by atoms with Gasteiger partial charge in [0, 0.05) is 19.5 Å². The Morgan fingerprint density at radius 3 is 2.47 bits per heavy atom. The number of unbranched alkanes of at least 4 members (excludes halogenated alkanes) is 1. The van der Waals surface area contributed by atoms with E-state index in [1.165, 1.54) is 19.3 Å². The molecule has 0 fully saturated rings. The fraction of sp³-hybridized carbons (Fsp3) is 0.800. The summed E-state index contributed by atoms with van der Waals surface area (Å²) in [5, 5.41) is 5.27. The van der Waals surface area contributed by atoms with Crippen molar-refractivity contribution in [2.24, 2.45) is 18.7 Å². The first-order valence-corrected chi connectivity index (χ1v) is 7.88. The molecule has 0 bridgehead atoms. The van der Waals surface area contributed by atoms with E-state index in [4.69, 9.17) is 17.3 Å². The first kappa shape index (κ1) is 16.5. The molecule has 2 N–H and O–H groups in total. The highest BCUT2D eigenvalue weighted by atomic mass is 35.5. The van der Waals surface area contributed by atoms with Gasteiger partial charge in [-0.1, -0.05) is 51.6 Å². The molecule has 0 saturated heterocycles. The topological polar surface area (TPSA) is 43.8 Å². The number of halogens is 1. The van der Waals surface area contributed by atoms with Crippen molar-refractivity contribution in [3.8, 4) is 0 Å². The zero-order valence-electron chi connectivity index (χ0n) is 12.7. The summed E-state index contributed by atoms with van der Waals surface area (Å²) in [6.07, 6.45) is 6.53. The summed E-state index contributed by atoms with van der Waals surface area (Å²) in [6.45, 7) is 6.53. The van der Waals surface area contributed by atoms with Crippen molar-refractivity contribution in [3.05, 3.63) is 16.4 Å². The third-order valence-electron chi connectivity index (χ3n) is 3.99. The predicted octanol–water partition coefficient (Wildman–Crippen LogP) is 3.72. The van der Waals surface area contributed by atoms with Crippen LogP contribution in [0.1, 0.15) is 57.8 Å². The van der Waals surface area contributed by atoms with Gasteiger partial charge in [0.05, 0.1) is 16.4 Å². The largest absolute Gasteiger partial charge is 0.327 e. The number of rotatable bonds is 8. The third kappa shape index (κ3) is 4.22. The molecule has 4 heteroatoms. The average molecular weight is 286 g/mol. The maximum Gasteiger partial charge on any atom is 0.0850 e. The fourth-order valence-corrected chi connectivity index (χ4v) is 2.99. The molecular formula is C15H28ClN3. The van der Waals surface area contributed by atoms with E-state index in [1.807, 2.05) is 11.7 Å². The highest BCUT2D eigenvalue weighted by Crippen LogP contribution is 2.25. The summed E-state index contributed by atoms with van der Waals surface area (Å²) >= 11 is 6.39. The van der Waals surface area contributed by atoms with Gasteiger partial charge >= 0.3 is 0 Å². The predicted molar refractivity (Wildman–Crippen MR) is 82.6 cm³/mol. The van der Waals surface area contributed by atoms with Crippen molar-refractivity contribution in [2.75, 3.05) is 0 Å². The van der Waals surface area contributed by atoms with E-state index < -0.39 is 0 Å². The van der Waals surface area contributed by atoms with Crippen molar-refractivity contribution in [2.45, 2.75) is 65.3 Å². The lowest BCUT2D eigenvalue weighted by Crippen LogP contribution is -2.32. The molecule has 2 atom stereocenters. The van der Waals surface area contributed by atoms with Gasteiger partial charge in [-0.3, -0.25) is 4.68 Å². The standard InChI is InChI=1S/C15H28ClN3/c1-5-8-9-11(6-2)12(17)10-14-15(16)13(7-3)18-19(14)4/h11-12H,5-10,17H2,1-4H3. The van der Waals surface area contributed by atoms with Crippen LogP contribution in [-0.2, 0) is 19.9 Å². The number of aryl methyl sites for hydroxylation is 2. The van der Waals surface area contributed by atoms with Gasteiger partial charge in [-0.25, -0.2) is 0 Å². The van der Waals surface area contributed by atoms with Crippen molar-refractivity contribution >= 4 is 11.6 Å². The van der Waals surface area contributed by atoms with Gasteiger partial charge in [-0.15, -0.1) is 0 Å². The van der Waals surface area contributed by atoms with Gasteiger partial charge in [0.2, 0.25) is 0 Å². The Labute approximate surface area is 122 Å². The number of nitrogens with zero attached hydrogens (tertiary/aromatic N) is 2. The van der Waals surface area contributed by atoms with Gasteiger partial charge in [-0.05, 0) is 18.8 Å². The van der Waals surface area contributed by atoms with Crippen LogP contribution in [0, 0.1) is 5.92 Å². The molecule has 19 heavy (non-hydrogen) atoms. The molecule has 1 aromatic rings. The summed E-state index contributed by atoms with van der Waals surface area (Å²) in [5.41, 5.74) is 8.45. The summed E-state index contributed by atoms with van der Waals surface area (Å²) in [7, 11) is 1.96. The van der Waals surface area contributed by atoms with Gasteiger partial charge in [0.25, 0.3) is 0 Å². The monoisotopic (exact) mass is 285 g/mol.